The van der Waals surface area contributed by atoms with Crippen LogP contribution in [0.1, 0.15) is 32.0 Å². The largest absolute Gasteiger partial charge is 0.374 e. The quantitative estimate of drug-likeness (QED) is 0.739. The first-order chi connectivity index (χ1) is 8.29. The van der Waals surface area contributed by atoms with Crippen molar-refractivity contribution in [3.63, 3.8) is 0 Å². The van der Waals surface area contributed by atoms with Gasteiger partial charge >= 0.3 is 0 Å². The SMILES string of the molecule is CC1(CCCCOCc2ncc[nH]2)OCCO1. The Kier molecular flexibility index (Phi) is 4.53. The van der Waals surface area contributed by atoms with Crippen molar-refractivity contribution in [1.82, 2.24) is 9.97 Å². The molecule has 0 unspecified atom stereocenters. The number of imidazole rings is 1. The Hall–Kier alpha value is -0.910. The first-order valence-electron chi connectivity index (χ1n) is 6.12. The number of aromatic nitrogens is 2. The molecule has 0 saturated carbocycles. The van der Waals surface area contributed by atoms with Gasteiger partial charge in [-0.15, -0.1) is 0 Å². The van der Waals surface area contributed by atoms with E-state index >= 15 is 0 Å². The maximum absolute atomic E-state index is 5.53. The third-order valence-corrected chi connectivity index (χ3v) is 2.86. The Morgan fingerprint density at radius 3 is 2.94 bits per heavy atom. The number of ether oxygens (including phenoxy) is 3. The summed E-state index contributed by atoms with van der Waals surface area (Å²) >= 11 is 0. The first kappa shape index (κ1) is 12.5. The highest BCUT2D eigenvalue weighted by Crippen LogP contribution is 2.24. The topological polar surface area (TPSA) is 56.4 Å². The molecule has 0 bridgehead atoms. The van der Waals surface area contributed by atoms with E-state index in [1.807, 2.05) is 6.92 Å². The third-order valence-electron chi connectivity index (χ3n) is 2.86. The molecule has 5 nitrogen and oxygen atoms in total. The van der Waals surface area contributed by atoms with Crippen LogP contribution in [-0.4, -0.2) is 35.6 Å². The van der Waals surface area contributed by atoms with E-state index in [0.29, 0.717) is 19.8 Å². The molecule has 17 heavy (non-hydrogen) atoms. The lowest BCUT2D eigenvalue weighted by molar-refractivity contribution is -0.147. The zero-order chi connectivity index (χ0) is 12.0. The summed E-state index contributed by atoms with van der Waals surface area (Å²) < 4.78 is 16.6. The highest BCUT2D eigenvalue weighted by molar-refractivity contribution is 4.83. The van der Waals surface area contributed by atoms with Gasteiger partial charge in [-0.1, -0.05) is 0 Å². The number of hydrogen-bond acceptors (Lipinski definition) is 4. The molecule has 1 aromatic heterocycles. The highest BCUT2D eigenvalue weighted by Gasteiger charge is 2.29. The molecule has 1 N–H and O–H groups in total. The van der Waals surface area contributed by atoms with Gasteiger partial charge in [0.1, 0.15) is 12.4 Å². The van der Waals surface area contributed by atoms with Crippen LogP contribution in [-0.2, 0) is 20.8 Å². The lowest BCUT2D eigenvalue weighted by Crippen LogP contribution is -2.25. The van der Waals surface area contributed by atoms with Crippen molar-refractivity contribution in [1.29, 1.82) is 0 Å². The molecule has 2 heterocycles. The van der Waals surface area contributed by atoms with Crippen molar-refractivity contribution in [2.75, 3.05) is 19.8 Å². The normalized spacial score (nSPS) is 18.6. The molecule has 0 atom stereocenters. The van der Waals surface area contributed by atoms with Crippen LogP contribution < -0.4 is 0 Å². The predicted molar refractivity (Wildman–Crippen MR) is 62.4 cm³/mol. The Bertz CT molecular complexity index is 308. The molecule has 1 aliphatic heterocycles. The molecule has 96 valence electrons. The summed E-state index contributed by atoms with van der Waals surface area (Å²) in [6.45, 7) is 4.73. The first-order valence-corrected chi connectivity index (χ1v) is 6.12. The fourth-order valence-electron chi connectivity index (χ4n) is 1.90. The monoisotopic (exact) mass is 240 g/mol. The molecule has 1 fully saturated rings. The van der Waals surface area contributed by atoms with Crippen LogP contribution in [0.5, 0.6) is 0 Å². The second-order valence-electron chi connectivity index (χ2n) is 4.38. The summed E-state index contributed by atoms with van der Waals surface area (Å²) in [5, 5.41) is 0. The zero-order valence-electron chi connectivity index (χ0n) is 10.3. The van der Waals surface area contributed by atoms with Crippen LogP contribution in [0, 0.1) is 0 Å². The van der Waals surface area contributed by atoms with Gasteiger partial charge in [0.25, 0.3) is 0 Å². The van der Waals surface area contributed by atoms with Gasteiger partial charge in [-0.25, -0.2) is 4.98 Å². The fourth-order valence-corrected chi connectivity index (χ4v) is 1.90. The van der Waals surface area contributed by atoms with Gasteiger partial charge in [0.05, 0.1) is 13.2 Å². The van der Waals surface area contributed by atoms with E-state index < -0.39 is 0 Å². The molecule has 5 heteroatoms. The zero-order valence-corrected chi connectivity index (χ0v) is 10.3. The van der Waals surface area contributed by atoms with Crippen LogP contribution >= 0.6 is 0 Å². The molecule has 0 aliphatic carbocycles. The molecular weight excluding hydrogens is 220 g/mol. The highest BCUT2D eigenvalue weighted by atomic mass is 16.7. The van der Waals surface area contributed by atoms with E-state index in [1.54, 1.807) is 12.4 Å². The number of aromatic amines is 1. The van der Waals surface area contributed by atoms with Crippen LogP contribution in [0.4, 0.5) is 0 Å². The summed E-state index contributed by atoms with van der Waals surface area (Å²) in [4.78, 5) is 7.09. The van der Waals surface area contributed by atoms with Gasteiger partial charge in [0, 0.05) is 25.4 Å². The average molecular weight is 240 g/mol. The molecule has 0 spiro atoms. The van der Waals surface area contributed by atoms with Gasteiger partial charge in [0.2, 0.25) is 0 Å². The van der Waals surface area contributed by atoms with Crippen LogP contribution in [0.15, 0.2) is 12.4 Å². The predicted octanol–water partition coefficient (Wildman–Crippen LogP) is 1.86. The second-order valence-corrected chi connectivity index (χ2v) is 4.38. The molecule has 0 radical (unpaired) electrons. The Balaban J connectivity index is 1.49. The van der Waals surface area contributed by atoms with Gasteiger partial charge in [-0.2, -0.15) is 0 Å². The minimum Gasteiger partial charge on any atom is -0.374 e. The second kappa shape index (κ2) is 6.14. The Labute approximate surface area is 101 Å². The molecule has 2 rings (SSSR count). The fraction of sp³-hybridized carbons (Fsp3) is 0.750. The van der Waals surface area contributed by atoms with Crippen molar-refractivity contribution in [2.45, 2.75) is 38.6 Å². The van der Waals surface area contributed by atoms with Crippen LogP contribution in [0.25, 0.3) is 0 Å². The molecule has 1 saturated heterocycles. The molecule has 1 aliphatic rings. The summed E-state index contributed by atoms with van der Waals surface area (Å²) in [6, 6.07) is 0. The van der Waals surface area contributed by atoms with E-state index in [9.17, 15) is 0 Å². The third kappa shape index (κ3) is 4.11. The van der Waals surface area contributed by atoms with Crippen molar-refractivity contribution in [3.8, 4) is 0 Å². The summed E-state index contributed by atoms with van der Waals surface area (Å²) in [5.41, 5.74) is 0. The molecular formula is C12H20N2O3. The lowest BCUT2D eigenvalue weighted by atomic mass is 10.1. The smallest absolute Gasteiger partial charge is 0.165 e. The summed E-state index contributed by atoms with van der Waals surface area (Å²) in [7, 11) is 0. The van der Waals surface area contributed by atoms with E-state index in [4.69, 9.17) is 14.2 Å². The summed E-state index contributed by atoms with van der Waals surface area (Å²) in [6.07, 6.45) is 6.53. The minimum absolute atomic E-state index is 0.360. The maximum Gasteiger partial charge on any atom is 0.165 e. The van der Waals surface area contributed by atoms with Crippen molar-refractivity contribution in [3.05, 3.63) is 18.2 Å². The van der Waals surface area contributed by atoms with Gasteiger partial charge in [-0.05, 0) is 19.8 Å². The van der Waals surface area contributed by atoms with Crippen molar-refractivity contribution in [2.24, 2.45) is 0 Å². The van der Waals surface area contributed by atoms with Gasteiger partial charge in [-0.3, -0.25) is 0 Å². The number of nitrogens with one attached hydrogen (secondary N) is 1. The number of rotatable bonds is 7. The van der Waals surface area contributed by atoms with Crippen molar-refractivity contribution < 1.29 is 14.2 Å². The standard InChI is InChI=1S/C12H20N2O3/c1-12(16-8-9-17-12)4-2-3-7-15-10-11-13-5-6-14-11/h5-6H,2-4,7-10H2,1H3,(H,13,14). The Morgan fingerprint density at radius 1 is 1.41 bits per heavy atom. The minimum atomic E-state index is -0.360. The number of unbranched alkanes of at least 4 members (excludes halogenated alkanes) is 1. The average Bonchev–Trinajstić information content (AvgIpc) is 2.95. The summed E-state index contributed by atoms with van der Waals surface area (Å²) in [5.74, 6) is 0.514. The lowest BCUT2D eigenvalue weighted by Gasteiger charge is -2.21. The van der Waals surface area contributed by atoms with Gasteiger partial charge in [0.15, 0.2) is 5.79 Å². The van der Waals surface area contributed by atoms with Gasteiger partial charge < -0.3 is 19.2 Å². The van der Waals surface area contributed by atoms with E-state index in [2.05, 4.69) is 9.97 Å². The number of nitrogens with zero attached hydrogens (tertiary/aromatic N) is 1. The van der Waals surface area contributed by atoms with E-state index in [0.717, 1.165) is 31.7 Å². The number of H-pyrrole nitrogens is 1. The number of hydrogen-bond donors (Lipinski definition) is 1. The van der Waals surface area contributed by atoms with Crippen molar-refractivity contribution >= 4 is 0 Å². The molecule has 0 amide bonds. The Morgan fingerprint density at radius 2 is 2.24 bits per heavy atom. The van der Waals surface area contributed by atoms with Crippen LogP contribution in [0.2, 0.25) is 0 Å². The van der Waals surface area contributed by atoms with E-state index in [-0.39, 0.29) is 5.79 Å². The maximum atomic E-state index is 5.53. The van der Waals surface area contributed by atoms with Crippen LogP contribution in [0.3, 0.4) is 0 Å². The van der Waals surface area contributed by atoms with E-state index in [1.165, 1.54) is 0 Å². The molecule has 0 aromatic carbocycles. The molecule has 1 aromatic rings.